The molecule has 3 rings (SSSR count). The molecule has 2 N–H and O–H groups in total. The van der Waals surface area contributed by atoms with Crippen LogP contribution in [0.3, 0.4) is 0 Å². The number of hydrogen-bond acceptors (Lipinski definition) is 5. The van der Waals surface area contributed by atoms with Gasteiger partial charge in [-0.2, -0.15) is 0 Å². The highest BCUT2D eigenvalue weighted by atomic mass is 16.5. The molecule has 0 bridgehead atoms. The van der Waals surface area contributed by atoms with Gasteiger partial charge in [0.15, 0.2) is 0 Å². The van der Waals surface area contributed by atoms with E-state index in [-0.39, 0.29) is 5.91 Å². The Morgan fingerprint density at radius 2 is 2.38 bits per heavy atom. The number of aryl methyl sites for hydroxylation is 1. The molecule has 1 amide bonds. The van der Waals surface area contributed by atoms with Gasteiger partial charge in [0.05, 0.1) is 12.2 Å². The standard InChI is InChI=1S/C15H24N4O2/c1-11-7-15(21-18-11)17-14(20)10-19(13-4-5-13)9-12-3-2-6-16-8-12/h7,12-13,16H,2-6,8-10H2,1H3,(H,17,20). The molecule has 1 aromatic heterocycles. The van der Waals surface area contributed by atoms with Crippen LogP contribution in [0.25, 0.3) is 0 Å². The van der Waals surface area contributed by atoms with E-state index in [2.05, 4.69) is 20.7 Å². The Bertz CT molecular complexity index is 478. The van der Waals surface area contributed by atoms with Crippen molar-refractivity contribution in [3.8, 4) is 0 Å². The first-order valence-corrected chi connectivity index (χ1v) is 7.88. The summed E-state index contributed by atoms with van der Waals surface area (Å²) in [6.45, 7) is 5.50. The van der Waals surface area contributed by atoms with E-state index >= 15 is 0 Å². The minimum absolute atomic E-state index is 0.0122. The predicted octanol–water partition coefficient (Wildman–Crippen LogP) is 1.39. The van der Waals surface area contributed by atoms with Crippen LogP contribution in [0.15, 0.2) is 10.6 Å². The number of rotatable bonds is 6. The van der Waals surface area contributed by atoms with Crippen LogP contribution in [0.5, 0.6) is 0 Å². The number of hydrogen-bond donors (Lipinski definition) is 2. The van der Waals surface area contributed by atoms with Gasteiger partial charge in [-0.3, -0.25) is 15.0 Å². The van der Waals surface area contributed by atoms with Crippen molar-refractivity contribution in [3.05, 3.63) is 11.8 Å². The highest BCUT2D eigenvalue weighted by Gasteiger charge is 2.32. The van der Waals surface area contributed by atoms with Crippen molar-refractivity contribution in [2.24, 2.45) is 5.92 Å². The lowest BCUT2D eigenvalue weighted by Crippen LogP contribution is -2.42. The molecule has 1 saturated heterocycles. The SMILES string of the molecule is Cc1cc(NC(=O)CN(CC2CCCNC2)C2CC2)on1. The Kier molecular flexibility index (Phi) is 4.55. The molecule has 0 radical (unpaired) electrons. The van der Waals surface area contributed by atoms with Gasteiger partial charge >= 0.3 is 0 Å². The summed E-state index contributed by atoms with van der Waals surface area (Å²) >= 11 is 0. The number of nitrogens with zero attached hydrogens (tertiary/aromatic N) is 2. The maximum absolute atomic E-state index is 12.1. The molecule has 1 atom stereocenters. The Labute approximate surface area is 125 Å². The maximum atomic E-state index is 12.1. The second-order valence-corrected chi connectivity index (χ2v) is 6.25. The summed E-state index contributed by atoms with van der Waals surface area (Å²) in [5.41, 5.74) is 0.776. The summed E-state index contributed by atoms with van der Waals surface area (Å²) in [5, 5.41) is 10.0. The number of nitrogens with one attached hydrogen (secondary N) is 2. The second kappa shape index (κ2) is 6.58. The van der Waals surface area contributed by atoms with Crippen molar-refractivity contribution in [3.63, 3.8) is 0 Å². The Morgan fingerprint density at radius 1 is 1.52 bits per heavy atom. The normalized spacial score (nSPS) is 22.5. The number of amides is 1. The zero-order valence-corrected chi connectivity index (χ0v) is 12.6. The molecule has 1 saturated carbocycles. The molecular formula is C15H24N4O2. The molecule has 0 spiro atoms. The molecule has 1 aliphatic heterocycles. The minimum atomic E-state index is -0.0122. The lowest BCUT2D eigenvalue weighted by molar-refractivity contribution is -0.117. The van der Waals surface area contributed by atoms with Crippen molar-refractivity contribution in [1.29, 1.82) is 0 Å². The van der Waals surface area contributed by atoms with Crippen molar-refractivity contribution >= 4 is 11.8 Å². The summed E-state index contributed by atoms with van der Waals surface area (Å²) < 4.78 is 5.03. The minimum Gasteiger partial charge on any atom is -0.338 e. The van der Waals surface area contributed by atoms with E-state index in [0.29, 0.717) is 24.4 Å². The molecule has 116 valence electrons. The third-order valence-electron chi connectivity index (χ3n) is 4.19. The van der Waals surface area contributed by atoms with Gasteiger partial charge < -0.3 is 9.84 Å². The van der Waals surface area contributed by atoms with E-state index in [1.165, 1.54) is 25.7 Å². The summed E-state index contributed by atoms with van der Waals surface area (Å²) in [6, 6.07) is 2.33. The Hall–Kier alpha value is -1.40. The molecule has 2 heterocycles. The lowest BCUT2D eigenvalue weighted by Gasteiger charge is -2.29. The fourth-order valence-electron chi connectivity index (χ4n) is 2.98. The average Bonchev–Trinajstić information content (AvgIpc) is 3.23. The number of carbonyl (C=O) groups is 1. The summed E-state index contributed by atoms with van der Waals surface area (Å²) in [6.07, 6.45) is 4.94. The fourth-order valence-corrected chi connectivity index (χ4v) is 2.98. The summed E-state index contributed by atoms with van der Waals surface area (Å²) in [4.78, 5) is 14.5. The van der Waals surface area contributed by atoms with Crippen molar-refractivity contribution in [2.45, 2.75) is 38.6 Å². The Balaban J connectivity index is 1.50. The van der Waals surface area contributed by atoms with E-state index in [9.17, 15) is 4.79 Å². The van der Waals surface area contributed by atoms with Gasteiger partial charge in [-0.25, -0.2) is 0 Å². The molecule has 1 unspecified atom stereocenters. The Morgan fingerprint density at radius 3 is 3.00 bits per heavy atom. The quantitative estimate of drug-likeness (QED) is 0.829. The molecule has 2 aliphatic rings. The van der Waals surface area contributed by atoms with E-state index < -0.39 is 0 Å². The van der Waals surface area contributed by atoms with Crippen LogP contribution in [0, 0.1) is 12.8 Å². The van der Waals surface area contributed by atoms with Crippen molar-refractivity contribution in [2.75, 3.05) is 31.5 Å². The topological polar surface area (TPSA) is 70.4 Å². The number of aromatic nitrogens is 1. The van der Waals surface area contributed by atoms with Gasteiger partial charge in [0.2, 0.25) is 11.8 Å². The number of piperidine rings is 1. The molecule has 0 aromatic carbocycles. The molecule has 1 aromatic rings. The van der Waals surface area contributed by atoms with Crippen LogP contribution < -0.4 is 10.6 Å². The average molecular weight is 292 g/mol. The molecule has 2 fully saturated rings. The van der Waals surface area contributed by atoms with Crippen LogP contribution in [0.2, 0.25) is 0 Å². The molecule has 6 nitrogen and oxygen atoms in total. The number of carbonyl (C=O) groups excluding carboxylic acids is 1. The molecule has 6 heteroatoms. The van der Waals surface area contributed by atoms with Gasteiger partial charge in [0.25, 0.3) is 0 Å². The van der Waals surface area contributed by atoms with Gasteiger partial charge in [-0.05, 0) is 51.6 Å². The molecule has 1 aliphatic carbocycles. The molecule has 21 heavy (non-hydrogen) atoms. The fraction of sp³-hybridized carbons (Fsp3) is 0.733. The lowest BCUT2D eigenvalue weighted by atomic mass is 9.99. The van der Waals surface area contributed by atoms with Crippen molar-refractivity contribution in [1.82, 2.24) is 15.4 Å². The highest BCUT2D eigenvalue weighted by Crippen LogP contribution is 2.28. The van der Waals surface area contributed by atoms with E-state index in [1.807, 2.05) is 6.92 Å². The maximum Gasteiger partial charge on any atom is 0.240 e. The van der Waals surface area contributed by atoms with Crippen LogP contribution in [-0.4, -0.2) is 48.2 Å². The van der Waals surface area contributed by atoms with Gasteiger partial charge in [0.1, 0.15) is 0 Å². The first-order chi connectivity index (χ1) is 10.2. The smallest absolute Gasteiger partial charge is 0.240 e. The third kappa shape index (κ3) is 4.28. The summed E-state index contributed by atoms with van der Waals surface area (Å²) in [7, 11) is 0. The highest BCUT2D eigenvalue weighted by molar-refractivity contribution is 5.91. The first kappa shape index (κ1) is 14.5. The van der Waals surface area contributed by atoms with Crippen LogP contribution in [0.1, 0.15) is 31.4 Å². The largest absolute Gasteiger partial charge is 0.338 e. The third-order valence-corrected chi connectivity index (χ3v) is 4.19. The van der Waals surface area contributed by atoms with Gasteiger partial charge in [-0.15, -0.1) is 0 Å². The number of anilines is 1. The zero-order valence-electron chi connectivity index (χ0n) is 12.6. The zero-order chi connectivity index (χ0) is 14.7. The van der Waals surface area contributed by atoms with Crippen molar-refractivity contribution < 1.29 is 9.32 Å². The van der Waals surface area contributed by atoms with Crippen LogP contribution in [0.4, 0.5) is 5.88 Å². The predicted molar refractivity (Wildman–Crippen MR) is 80.1 cm³/mol. The molecular weight excluding hydrogens is 268 g/mol. The van der Waals surface area contributed by atoms with Gasteiger partial charge in [-0.1, -0.05) is 5.16 Å². The van der Waals surface area contributed by atoms with E-state index in [1.54, 1.807) is 6.07 Å². The summed E-state index contributed by atoms with van der Waals surface area (Å²) in [5.74, 6) is 1.09. The van der Waals surface area contributed by atoms with Crippen LogP contribution in [-0.2, 0) is 4.79 Å². The monoisotopic (exact) mass is 292 g/mol. The van der Waals surface area contributed by atoms with E-state index in [0.717, 1.165) is 25.3 Å². The second-order valence-electron chi connectivity index (χ2n) is 6.25. The van der Waals surface area contributed by atoms with Crippen LogP contribution >= 0.6 is 0 Å². The van der Waals surface area contributed by atoms with Gasteiger partial charge in [0, 0.05) is 18.7 Å². The first-order valence-electron chi connectivity index (χ1n) is 7.88. The van der Waals surface area contributed by atoms with E-state index in [4.69, 9.17) is 4.52 Å².